The highest BCUT2D eigenvalue weighted by molar-refractivity contribution is 6.30. The lowest BCUT2D eigenvalue weighted by Gasteiger charge is -1.94. The van der Waals surface area contributed by atoms with E-state index in [0.29, 0.717) is 5.02 Å². The van der Waals surface area contributed by atoms with Crippen molar-refractivity contribution in [1.82, 2.24) is 0 Å². The molecule has 0 radical (unpaired) electrons. The average Bonchev–Trinajstić information content (AvgIpc) is 2.53. The molecule has 0 fully saturated rings. The van der Waals surface area contributed by atoms with E-state index in [4.69, 9.17) is 11.6 Å². The highest BCUT2D eigenvalue weighted by Gasteiger charge is 2.03. The van der Waals surface area contributed by atoms with E-state index in [2.05, 4.69) is 0 Å². The summed E-state index contributed by atoms with van der Waals surface area (Å²) in [5.41, 5.74) is 1.80. The maximum atomic E-state index is 11.7. The first-order valence-electron chi connectivity index (χ1n) is 6.86. The molecule has 0 unspecified atom stereocenters. The number of allylic oxidation sites excluding steroid dienone is 2. The van der Waals surface area contributed by atoms with Gasteiger partial charge in [-0.05, 0) is 35.4 Å². The summed E-state index contributed by atoms with van der Waals surface area (Å²) in [4.78, 5) is 23.5. The van der Waals surface area contributed by atoms with Crippen molar-refractivity contribution < 1.29 is 9.59 Å². The van der Waals surface area contributed by atoms with Crippen molar-refractivity contribution in [2.45, 2.75) is 6.42 Å². The second kappa shape index (κ2) is 8.11. The Hall–Kier alpha value is -2.45. The van der Waals surface area contributed by atoms with Crippen LogP contribution in [0.25, 0.3) is 12.2 Å². The maximum absolute atomic E-state index is 11.7. The van der Waals surface area contributed by atoms with Crippen LogP contribution in [0.15, 0.2) is 66.7 Å². The Bertz CT molecular complexity index is 698. The van der Waals surface area contributed by atoms with Crippen molar-refractivity contribution in [2.24, 2.45) is 0 Å². The van der Waals surface area contributed by atoms with Crippen LogP contribution in [0.4, 0.5) is 0 Å². The van der Waals surface area contributed by atoms with Crippen LogP contribution in [0.5, 0.6) is 0 Å². The first-order chi connectivity index (χ1) is 10.6. The first-order valence-corrected chi connectivity index (χ1v) is 7.24. The van der Waals surface area contributed by atoms with Crippen LogP contribution >= 0.6 is 11.6 Å². The molecule has 0 aliphatic carbocycles. The van der Waals surface area contributed by atoms with Gasteiger partial charge in [-0.3, -0.25) is 9.59 Å². The second-order valence-corrected chi connectivity index (χ2v) is 5.17. The van der Waals surface area contributed by atoms with Gasteiger partial charge in [0.2, 0.25) is 0 Å². The summed E-state index contributed by atoms with van der Waals surface area (Å²) in [7, 11) is 0. The average molecular weight is 311 g/mol. The van der Waals surface area contributed by atoms with Crippen LogP contribution in [-0.2, 0) is 9.59 Å². The normalized spacial score (nSPS) is 11.1. The van der Waals surface area contributed by atoms with Gasteiger partial charge in [-0.25, -0.2) is 0 Å². The third-order valence-electron chi connectivity index (χ3n) is 2.94. The smallest absolute Gasteiger partial charge is 0.163 e. The molecule has 0 spiro atoms. The minimum atomic E-state index is -0.224. The standard InChI is InChI=1S/C19H15ClO2/c20-17-10-6-16(7-11-17)9-13-19(22)14-18(21)12-8-15-4-2-1-3-5-15/h1-13H,14H2/b12-8+,13-9+. The van der Waals surface area contributed by atoms with E-state index in [1.54, 1.807) is 24.3 Å². The Morgan fingerprint density at radius 3 is 1.82 bits per heavy atom. The molecule has 2 aromatic carbocycles. The molecule has 0 amide bonds. The molecule has 2 nitrogen and oxygen atoms in total. The Morgan fingerprint density at radius 1 is 0.773 bits per heavy atom. The number of hydrogen-bond acceptors (Lipinski definition) is 2. The fourth-order valence-corrected chi connectivity index (χ4v) is 1.93. The molecule has 0 heterocycles. The monoisotopic (exact) mass is 310 g/mol. The number of hydrogen-bond donors (Lipinski definition) is 0. The molecule has 3 heteroatoms. The number of carbonyl (C=O) groups is 2. The topological polar surface area (TPSA) is 34.1 Å². The van der Waals surface area contributed by atoms with Crippen LogP contribution in [0.1, 0.15) is 17.5 Å². The Kier molecular flexibility index (Phi) is 5.87. The lowest BCUT2D eigenvalue weighted by Crippen LogP contribution is -2.01. The van der Waals surface area contributed by atoms with Crippen molar-refractivity contribution in [3.63, 3.8) is 0 Å². The van der Waals surface area contributed by atoms with E-state index >= 15 is 0 Å². The van der Waals surface area contributed by atoms with Gasteiger partial charge in [-0.2, -0.15) is 0 Å². The zero-order valence-electron chi connectivity index (χ0n) is 11.9. The van der Waals surface area contributed by atoms with Gasteiger partial charge < -0.3 is 0 Å². The number of ketones is 2. The van der Waals surface area contributed by atoms with Gasteiger partial charge in [0.15, 0.2) is 11.6 Å². The van der Waals surface area contributed by atoms with Gasteiger partial charge >= 0.3 is 0 Å². The van der Waals surface area contributed by atoms with Crippen LogP contribution in [0, 0.1) is 0 Å². The van der Waals surface area contributed by atoms with Crippen molar-refractivity contribution in [3.05, 3.63) is 82.9 Å². The number of halogens is 1. The Labute approximate surface area is 134 Å². The summed E-state index contributed by atoms with van der Waals surface area (Å²) >= 11 is 5.79. The third kappa shape index (κ3) is 5.51. The molecule has 2 rings (SSSR count). The Morgan fingerprint density at radius 2 is 1.27 bits per heavy atom. The zero-order valence-corrected chi connectivity index (χ0v) is 12.7. The molecule has 0 aliphatic heterocycles. The number of benzene rings is 2. The van der Waals surface area contributed by atoms with Crippen molar-refractivity contribution in [3.8, 4) is 0 Å². The summed E-state index contributed by atoms with van der Waals surface area (Å²) in [5, 5.41) is 0.643. The summed E-state index contributed by atoms with van der Waals surface area (Å²) in [5.74, 6) is -0.438. The van der Waals surface area contributed by atoms with Gasteiger partial charge in [0.25, 0.3) is 0 Å². The summed E-state index contributed by atoms with van der Waals surface area (Å²) < 4.78 is 0. The fraction of sp³-hybridized carbons (Fsp3) is 0.0526. The molecule has 0 bridgehead atoms. The predicted octanol–water partition coefficient (Wildman–Crippen LogP) is 4.59. The van der Waals surface area contributed by atoms with Gasteiger partial charge in [-0.1, -0.05) is 66.2 Å². The van der Waals surface area contributed by atoms with E-state index in [1.807, 2.05) is 42.5 Å². The van der Waals surface area contributed by atoms with Gasteiger partial charge in [0.05, 0.1) is 6.42 Å². The molecule has 0 aliphatic rings. The number of carbonyl (C=O) groups excluding carboxylic acids is 2. The zero-order chi connectivity index (χ0) is 15.8. The van der Waals surface area contributed by atoms with Crippen LogP contribution < -0.4 is 0 Å². The lowest BCUT2D eigenvalue weighted by atomic mass is 10.1. The quantitative estimate of drug-likeness (QED) is 0.577. The minimum absolute atomic E-state index is 0.132. The molecule has 22 heavy (non-hydrogen) atoms. The van der Waals surface area contributed by atoms with Gasteiger partial charge in [0, 0.05) is 5.02 Å². The van der Waals surface area contributed by atoms with Gasteiger partial charge in [-0.15, -0.1) is 0 Å². The molecule has 0 N–H and O–H groups in total. The van der Waals surface area contributed by atoms with E-state index < -0.39 is 0 Å². The molecule has 2 aromatic rings. The highest BCUT2D eigenvalue weighted by atomic mass is 35.5. The first kappa shape index (κ1) is 15.9. The van der Waals surface area contributed by atoms with Gasteiger partial charge in [0.1, 0.15) is 0 Å². The van der Waals surface area contributed by atoms with Crippen LogP contribution in [0.3, 0.4) is 0 Å². The fourth-order valence-electron chi connectivity index (χ4n) is 1.81. The van der Waals surface area contributed by atoms with E-state index in [0.717, 1.165) is 11.1 Å². The summed E-state index contributed by atoms with van der Waals surface area (Å²) in [6.45, 7) is 0. The SMILES string of the molecule is O=C(/C=C/c1ccccc1)CC(=O)/C=C/c1ccc(Cl)cc1. The highest BCUT2D eigenvalue weighted by Crippen LogP contribution is 2.10. The predicted molar refractivity (Wildman–Crippen MR) is 90.6 cm³/mol. The largest absolute Gasteiger partial charge is 0.294 e. The lowest BCUT2D eigenvalue weighted by molar-refractivity contribution is -0.121. The Balaban J connectivity index is 1.87. The van der Waals surface area contributed by atoms with E-state index in [-0.39, 0.29) is 18.0 Å². The molecular formula is C19H15ClO2. The molecule has 0 atom stereocenters. The van der Waals surface area contributed by atoms with E-state index in [9.17, 15) is 9.59 Å². The van der Waals surface area contributed by atoms with E-state index in [1.165, 1.54) is 12.2 Å². The molecule has 0 aromatic heterocycles. The maximum Gasteiger partial charge on any atom is 0.163 e. The van der Waals surface area contributed by atoms with Crippen molar-refractivity contribution >= 4 is 35.3 Å². The minimum Gasteiger partial charge on any atom is -0.294 e. The number of rotatable bonds is 6. The molecule has 0 saturated carbocycles. The van der Waals surface area contributed by atoms with Crippen LogP contribution in [0.2, 0.25) is 5.02 Å². The molecular weight excluding hydrogens is 296 g/mol. The third-order valence-corrected chi connectivity index (χ3v) is 3.19. The second-order valence-electron chi connectivity index (χ2n) is 4.74. The summed E-state index contributed by atoms with van der Waals surface area (Å²) in [6.07, 6.45) is 6.10. The molecule has 110 valence electrons. The molecule has 0 saturated heterocycles. The van der Waals surface area contributed by atoms with Crippen molar-refractivity contribution in [1.29, 1.82) is 0 Å². The summed E-state index contributed by atoms with van der Waals surface area (Å²) in [6, 6.07) is 16.6. The van der Waals surface area contributed by atoms with Crippen LogP contribution in [-0.4, -0.2) is 11.6 Å². The van der Waals surface area contributed by atoms with Crippen molar-refractivity contribution in [2.75, 3.05) is 0 Å².